The van der Waals surface area contributed by atoms with Gasteiger partial charge in [-0.1, -0.05) is 52.0 Å². The van der Waals surface area contributed by atoms with E-state index in [-0.39, 0.29) is 0 Å². The smallest absolute Gasteiger partial charge is 0.183 e. The first-order chi connectivity index (χ1) is 8.76. The van der Waals surface area contributed by atoms with Crippen LogP contribution in [0.25, 0.3) is 10.8 Å². The highest BCUT2D eigenvalue weighted by Gasteiger charge is 2.03. The van der Waals surface area contributed by atoms with Crippen molar-refractivity contribution in [3.05, 3.63) is 40.9 Å². The average Bonchev–Trinajstić information content (AvgIpc) is 2.39. The summed E-state index contributed by atoms with van der Waals surface area (Å²) in [5, 5.41) is 14.0. The van der Waals surface area contributed by atoms with Gasteiger partial charge in [-0.3, -0.25) is 5.32 Å². The summed E-state index contributed by atoms with van der Waals surface area (Å²) < 4.78 is 1.04. The lowest BCUT2D eigenvalue weighted by Gasteiger charge is -2.05. The van der Waals surface area contributed by atoms with Gasteiger partial charge in [-0.2, -0.15) is 5.26 Å². The Balaban J connectivity index is 2.59. The molecule has 0 amide bonds. The molecule has 0 aliphatic rings. The van der Waals surface area contributed by atoms with Crippen LogP contribution in [0.2, 0.25) is 0 Å². The molecule has 0 spiro atoms. The molecular weight excluding hydrogens is 310 g/mol. The Morgan fingerprint density at radius 2 is 2.00 bits per heavy atom. The van der Waals surface area contributed by atoms with Gasteiger partial charge in [0.05, 0.1) is 5.69 Å². The Hall–Kier alpha value is -1.51. The van der Waals surface area contributed by atoms with Crippen LogP contribution < -0.4 is 5.32 Å². The fraction of sp³-hybridized carbons (Fsp3) is 0.0769. The number of aliphatic imine (C=N–C) groups is 1. The number of fused-ring (bicyclic) bond motifs is 1. The Morgan fingerprint density at radius 3 is 2.72 bits per heavy atom. The zero-order chi connectivity index (χ0) is 13.0. The molecule has 18 heavy (non-hydrogen) atoms. The molecular formula is C13H10BrN3S. The molecule has 0 aromatic heterocycles. The molecule has 0 fully saturated rings. The van der Waals surface area contributed by atoms with E-state index in [0.29, 0.717) is 5.17 Å². The molecule has 1 N–H and O–H groups in total. The summed E-state index contributed by atoms with van der Waals surface area (Å²) in [6, 6.07) is 11.9. The maximum atomic E-state index is 8.64. The largest absolute Gasteiger partial charge is 0.271 e. The molecule has 0 heterocycles. The lowest BCUT2D eigenvalue weighted by atomic mass is 10.1. The molecule has 0 saturated carbocycles. The second-order valence-corrected chi connectivity index (χ2v) is 5.12. The fourth-order valence-electron chi connectivity index (χ4n) is 1.63. The predicted octanol–water partition coefficient (Wildman–Crippen LogP) is 4.02. The topological polar surface area (TPSA) is 48.2 Å². The molecule has 90 valence electrons. The van der Waals surface area contributed by atoms with E-state index >= 15 is 0 Å². The van der Waals surface area contributed by atoms with Crippen molar-refractivity contribution in [3.63, 3.8) is 0 Å². The van der Waals surface area contributed by atoms with Gasteiger partial charge in [-0.05, 0) is 23.8 Å². The van der Waals surface area contributed by atoms with Crippen LogP contribution in [0.5, 0.6) is 0 Å². The Bertz CT molecular complexity index is 646. The van der Waals surface area contributed by atoms with Crippen LogP contribution in [0.4, 0.5) is 5.69 Å². The average molecular weight is 320 g/mol. The van der Waals surface area contributed by atoms with E-state index in [2.05, 4.69) is 26.2 Å². The molecule has 0 bridgehead atoms. The zero-order valence-corrected chi connectivity index (χ0v) is 12.0. The standard InChI is InChI=1S/C13H10BrN3S/c1-18-13(16-8-15)17-12-7-3-4-9-10(12)5-2-6-11(9)14/h2-7H,1H3,(H,16,17). The number of nitrogens with one attached hydrogen (secondary N) is 1. The molecule has 3 nitrogen and oxygen atoms in total. The van der Waals surface area contributed by atoms with E-state index in [0.717, 1.165) is 20.9 Å². The first kappa shape index (κ1) is 12.9. The monoisotopic (exact) mass is 319 g/mol. The van der Waals surface area contributed by atoms with E-state index in [1.165, 1.54) is 11.8 Å². The van der Waals surface area contributed by atoms with Crippen LogP contribution in [-0.2, 0) is 0 Å². The molecule has 0 radical (unpaired) electrons. The third-order valence-corrected chi connectivity index (χ3v) is 3.70. The molecule has 2 aromatic rings. The summed E-state index contributed by atoms with van der Waals surface area (Å²) in [6.45, 7) is 0. The third kappa shape index (κ3) is 2.66. The minimum Gasteiger partial charge on any atom is -0.271 e. The first-order valence-corrected chi connectivity index (χ1v) is 7.23. The van der Waals surface area contributed by atoms with Crippen molar-refractivity contribution >= 4 is 49.3 Å². The number of hydrogen-bond donors (Lipinski definition) is 1. The maximum absolute atomic E-state index is 8.64. The van der Waals surface area contributed by atoms with Crippen LogP contribution >= 0.6 is 27.7 Å². The Morgan fingerprint density at radius 1 is 1.28 bits per heavy atom. The number of nitriles is 1. The number of rotatable bonds is 1. The van der Waals surface area contributed by atoms with Crippen molar-refractivity contribution in [1.29, 1.82) is 5.26 Å². The van der Waals surface area contributed by atoms with E-state index in [1.807, 2.05) is 48.8 Å². The normalized spacial score (nSPS) is 11.3. The lowest BCUT2D eigenvalue weighted by molar-refractivity contribution is 1.28. The highest BCUT2D eigenvalue weighted by molar-refractivity contribution is 9.10. The fourth-order valence-corrected chi connectivity index (χ4v) is 2.47. The van der Waals surface area contributed by atoms with Crippen LogP contribution in [-0.4, -0.2) is 11.4 Å². The van der Waals surface area contributed by atoms with Gasteiger partial charge in [0.1, 0.15) is 0 Å². The quantitative estimate of drug-likeness (QED) is 0.374. The Labute approximate surface area is 118 Å². The van der Waals surface area contributed by atoms with Gasteiger partial charge in [-0.15, -0.1) is 0 Å². The van der Waals surface area contributed by atoms with E-state index in [1.54, 1.807) is 0 Å². The SMILES string of the molecule is CSC(=Nc1cccc2c(Br)cccc12)NC#N. The second-order valence-electron chi connectivity index (χ2n) is 3.47. The van der Waals surface area contributed by atoms with Gasteiger partial charge in [0.2, 0.25) is 0 Å². The van der Waals surface area contributed by atoms with Crippen LogP contribution in [0, 0.1) is 11.5 Å². The minimum absolute atomic E-state index is 0.588. The maximum Gasteiger partial charge on any atom is 0.183 e. The number of benzene rings is 2. The highest BCUT2D eigenvalue weighted by atomic mass is 79.9. The van der Waals surface area contributed by atoms with Crippen molar-refractivity contribution in [2.24, 2.45) is 4.99 Å². The van der Waals surface area contributed by atoms with Crippen molar-refractivity contribution in [1.82, 2.24) is 5.32 Å². The summed E-state index contributed by atoms with van der Waals surface area (Å²) in [7, 11) is 0. The van der Waals surface area contributed by atoms with Crippen LogP contribution in [0.3, 0.4) is 0 Å². The number of amidine groups is 1. The molecule has 0 aliphatic carbocycles. The number of halogens is 1. The van der Waals surface area contributed by atoms with Gasteiger partial charge in [-0.25, -0.2) is 4.99 Å². The number of nitrogens with zero attached hydrogens (tertiary/aromatic N) is 2. The molecule has 0 aliphatic heterocycles. The van der Waals surface area contributed by atoms with Gasteiger partial charge >= 0.3 is 0 Å². The van der Waals surface area contributed by atoms with Crippen molar-refractivity contribution in [2.75, 3.05) is 6.26 Å². The van der Waals surface area contributed by atoms with E-state index in [9.17, 15) is 0 Å². The van der Waals surface area contributed by atoms with E-state index < -0.39 is 0 Å². The molecule has 0 saturated heterocycles. The second kappa shape index (κ2) is 5.89. The zero-order valence-electron chi connectivity index (χ0n) is 9.64. The van der Waals surface area contributed by atoms with Crippen molar-refractivity contribution in [2.45, 2.75) is 0 Å². The Kier molecular flexibility index (Phi) is 4.24. The van der Waals surface area contributed by atoms with Gasteiger partial charge in [0.25, 0.3) is 0 Å². The van der Waals surface area contributed by atoms with Crippen LogP contribution in [0.1, 0.15) is 0 Å². The first-order valence-electron chi connectivity index (χ1n) is 5.21. The summed E-state index contributed by atoms with van der Waals surface area (Å²) >= 11 is 4.93. The van der Waals surface area contributed by atoms with Gasteiger partial charge in [0.15, 0.2) is 11.4 Å². The van der Waals surface area contributed by atoms with Gasteiger partial charge < -0.3 is 0 Å². The molecule has 2 rings (SSSR count). The minimum atomic E-state index is 0.588. The molecule has 5 heteroatoms. The van der Waals surface area contributed by atoms with Crippen molar-refractivity contribution in [3.8, 4) is 6.19 Å². The lowest BCUT2D eigenvalue weighted by Crippen LogP contribution is -2.12. The predicted molar refractivity (Wildman–Crippen MR) is 81.0 cm³/mol. The van der Waals surface area contributed by atoms with Crippen molar-refractivity contribution < 1.29 is 0 Å². The summed E-state index contributed by atoms with van der Waals surface area (Å²) in [6.07, 6.45) is 3.77. The number of hydrogen-bond acceptors (Lipinski definition) is 3. The van der Waals surface area contributed by atoms with Crippen LogP contribution in [0.15, 0.2) is 45.9 Å². The third-order valence-electron chi connectivity index (χ3n) is 2.42. The summed E-state index contributed by atoms with van der Waals surface area (Å²) in [5.41, 5.74) is 0.848. The number of thioether (sulfide) groups is 1. The summed E-state index contributed by atoms with van der Waals surface area (Å²) in [4.78, 5) is 4.46. The van der Waals surface area contributed by atoms with E-state index in [4.69, 9.17) is 5.26 Å². The molecule has 2 aromatic carbocycles. The molecule has 0 atom stereocenters. The highest BCUT2D eigenvalue weighted by Crippen LogP contribution is 2.31. The van der Waals surface area contributed by atoms with Gasteiger partial charge in [0, 0.05) is 9.86 Å². The molecule has 0 unspecified atom stereocenters. The summed E-state index contributed by atoms with van der Waals surface area (Å²) in [5.74, 6) is 0.